The lowest BCUT2D eigenvalue weighted by atomic mass is 9.33. The van der Waals surface area contributed by atoms with E-state index in [1.54, 1.807) is 13.8 Å². The maximum Gasteiger partial charge on any atom is 0.321 e. The topological polar surface area (TPSA) is 107 Å². The largest absolute Gasteiger partial charge is 0.511 e. The second-order valence-electron chi connectivity index (χ2n) is 12.2. The van der Waals surface area contributed by atoms with E-state index in [1.165, 1.54) is 14.0 Å². The molecule has 7 atom stereocenters. The summed E-state index contributed by atoms with van der Waals surface area (Å²) in [5.41, 5.74) is -4.38. The van der Waals surface area contributed by atoms with Gasteiger partial charge in [-0.1, -0.05) is 32.4 Å². The Morgan fingerprint density at radius 3 is 2.29 bits per heavy atom. The number of fused-ring (bicyclic) bond motifs is 5. The van der Waals surface area contributed by atoms with Crippen molar-refractivity contribution in [3.8, 4) is 0 Å². The molecule has 0 aromatic heterocycles. The summed E-state index contributed by atoms with van der Waals surface area (Å²) in [6.45, 7) is 12.6. The van der Waals surface area contributed by atoms with Crippen LogP contribution in [0.2, 0.25) is 0 Å². The highest BCUT2D eigenvalue weighted by atomic mass is 16.5. The van der Waals surface area contributed by atoms with Crippen molar-refractivity contribution in [2.24, 2.45) is 38.9 Å². The Labute approximate surface area is 207 Å². The van der Waals surface area contributed by atoms with Crippen LogP contribution in [0.5, 0.6) is 0 Å². The Bertz CT molecular complexity index is 1080. The third kappa shape index (κ3) is 2.62. The van der Waals surface area contributed by atoms with E-state index in [0.717, 1.165) is 6.29 Å². The Kier molecular flexibility index (Phi) is 5.52. The Hall–Kier alpha value is -2.44. The summed E-state index contributed by atoms with van der Waals surface area (Å²) in [6, 6.07) is 0. The molecule has 0 aromatic carbocycles. The van der Waals surface area contributed by atoms with Gasteiger partial charge in [-0.2, -0.15) is 0 Å². The number of rotatable bonds is 3. The molecule has 0 bridgehead atoms. The van der Waals surface area contributed by atoms with Gasteiger partial charge in [0.05, 0.1) is 12.5 Å². The van der Waals surface area contributed by atoms with Crippen LogP contribution < -0.4 is 0 Å². The number of aldehydes is 1. The van der Waals surface area contributed by atoms with E-state index in [4.69, 9.17) is 9.47 Å². The van der Waals surface area contributed by atoms with Gasteiger partial charge in [-0.3, -0.25) is 14.4 Å². The summed E-state index contributed by atoms with van der Waals surface area (Å²) in [6.07, 6.45) is 4.79. The minimum atomic E-state index is -1.68. The van der Waals surface area contributed by atoms with Gasteiger partial charge in [0.1, 0.15) is 18.1 Å². The number of methoxy groups -OCH3 is 1. The molecule has 2 saturated carbocycles. The molecule has 1 N–H and O–H groups in total. The van der Waals surface area contributed by atoms with Crippen LogP contribution in [0.25, 0.3) is 0 Å². The smallest absolute Gasteiger partial charge is 0.321 e. The zero-order valence-corrected chi connectivity index (χ0v) is 22.1. The second kappa shape index (κ2) is 7.53. The van der Waals surface area contributed by atoms with E-state index in [9.17, 15) is 24.3 Å². The van der Waals surface area contributed by atoms with Crippen molar-refractivity contribution in [3.63, 3.8) is 0 Å². The number of ketones is 1. The second-order valence-corrected chi connectivity index (χ2v) is 12.2. The zero-order chi connectivity index (χ0) is 26.4. The molecule has 4 rings (SSSR count). The summed E-state index contributed by atoms with van der Waals surface area (Å²) >= 11 is 0. The molecule has 2 fully saturated rings. The van der Waals surface area contributed by atoms with Crippen LogP contribution >= 0.6 is 0 Å². The van der Waals surface area contributed by atoms with E-state index >= 15 is 0 Å². The predicted molar refractivity (Wildman–Crippen MR) is 128 cm³/mol. The SMILES string of the molecule is COC(=O)C12C(=O)C(C)=C(O)C1(C)C(C)=CC1C3(C=O)CCC(OC(C)=O)C(C)(C)C3CCC12C. The fourth-order valence-corrected chi connectivity index (χ4v) is 9.02. The van der Waals surface area contributed by atoms with Crippen LogP contribution in [-0.4, -0.2) is 42.3 Å². The molecule has 0 saturated heterocycles. The van der Waals surface area contributed by atoms with Gasteiger partial charge in [0.15, 0.2) is 11.2 Å². The van der Waals surface area contributed by atoms with Crippen molar-refractivity contribution in [1.82, 2.24) is 0 Å². The Morgan fingerprint density at radius 2 is 1.74 bits per heavy atom. The van der Waals surface area contributed by atoms with Crippen molar-refractivity contribution in [2.45, 2.75) is 80.3 Å². The van der Waals surface area contributed by atoms with Crippen LogP contribution in [0.1, 0.15) is 74.1 Å². The van der Waals surface area contributed by atoms with Crippen LogP contribution in [-0.2, 0) is 28.7 Å². The van der Waals surface area contributed by atoms with Crippen LogP contribution in [0, 0.1) is 38.9 Å². The summed E-state index contributed by atoms with van der Waals surface area (Å²) in [7, 11) is 1.27. The van der Waals surface area contributed by atoms with Crippen LogP contribution in [0.4, 0.5) is 0 Å². The monoisotopic (exact) mass is 486 g/mol. The van der Waals surface area contributed by atoms with Gasteiger partial charge in [-0.05, 0) is 63.7 Å². The first-order valence-corrected chi connectivity index (χ1v) is 12.5. The Balaban J connectivity index is 1.99. The van der Waals surface area contributed by atoms with Crippen molar-refractivity contribution < 1.29 is 33.8 Å². The standard InChI is InChI=1S/C28H38O7/c1-15-13-19-25(6,28(23(33)34-8)22(32)16(2)21(31)26(15,28)7)11-9-18-24(4,5)20(35-17(3)30)10-12-27(18,19)14-29/h13-14,18-20,31H,9-12H2,1-8H3. The van der Waals surface area contributed by atoms with Crippen molar-refractivity contribution in [2.75, 3.05) is 7.11 Å². The average Bonchev–Trinajstić information content (AvgIpc) is 2.95. The zero-order valence-electron chi connectivity index (χ0n) is 22.1. The van der Waals surface area contributed by atoms with Crippen molar-refractivity contribution in [1.29, 1.82) is 0 Å². The number of aliphatic hydroxyl groups excluding tert-OH is 1. The van der Waals surface area contributed by atoms with E-state index < -0.39 is 44.7 Å². The number of hydrogen-bond acceptors (Lipinski definition) is 7. The fraction of sp³-hybridized carbons (Fsp3) is 0.714. The molecule has 7 unspecified atom stereocenters. The Morgan fingerprint density at radius 1 is 1.11 bits per heavy atom. The fourth-order valence-electron chi connectivity index (χ4n) is 9.02. The minimum Gasteiger partial charge on any atom is -0.511 e. The molecule has 4 aliphatic rings. The van der Waals surface area contributed by atoms with Gasteiger partial charge < -0.3 is 19.4 Å². The van der Waals surface area contributed by atoms with E-state index in [1.807, 2.05) is 33.8 Å². The maximum atomic E-state index is 14.0. The number of hydrogen-bond donors (Lipinski definition) is 1. The van der Waals surface area contributed by atoms with Gasteiger partial charge in [0, 0.05) is 23.3 Å². The van der Waals surface area contributed by atoms with Gasteiger partial charge in [-0.15, -0.1) is 0 Å². The third-order valence-electron chi connectivity index (χ3n) is 10.8. The molecule has 0 radical (unpaired) electrons. The van der Waals surface area contributed by atoms with Crippen molar-refractivity contribution in [3.05, 3.63) is 23.0 Å². The highest BCUT2D eigenvalue weighted by molar-refractivity contribution is 6.17. The lowest BCUT2D eigenvalue weighted by Gasteiger charge is -2.68. The molecular weight excluding hydrogens is 448 g/mol. The summed E-state index contributed by atoms with van der Waals surface area (Å²) in [4.78, 5) is 52.8. The number of ether oxygens (including phenoxy) is 2. The van der Waals surface area contributed by atoms with E-state index in [2.05, 4.69) is 0 Å². The number of carbonyl (C=O) groups is 4. The number of aliphatic hydroxyl groups is 1. The quantitative estimate of drug-likeness (QED) is 0.271. The number of Topliss-reactive ketones (excluding diaryl/α,β-unsaturated/α-hetero) is 1. The first-order chi connectivity index (χ1) is 16.1. The molecule has 0 aliphatic heterocycles. The van der Waals surface area contributed by atoms with Crippen LogP contribution in [0.15, 0.2) is 23.0 Å². The molecule has 0 amide bonds. The molecule has 0 spiro atoms. The predicted octanol–water partition coefficient (Wildman–Crippen LogP) is 4.50. The molecular formula is C28H38O7. The summed E-state index contributed by atoms with van der Waals surface area (Å²) < 4.78 is 11.0. The molecule has 192 valence electrons. The lowest BCUT2D eigenvalue weighted by molar-refractivity contribution is -0.217. The van der Waals surface area contributed by atoms with E-state index in [-0.39, 0.29) is 29.3 Å². The third-order valence-corrected chi connectivity index (χ3v) is 10.8. The van der Waals surface area contributed by atoms with Crippen molar-refractivity contribution >= 4 is 24.0 Å². The first kappa shape index (κ1) is 25.6. The first-order valence-electron chi connectivity index (χ1n) is 12.5. The minimum absolute atomic E-state index is 0.0949. The maximum absolute atomic E-state index is 14.0. The summed E-state index contributed by atoms with van der Waals surface area (Å²) in [5.74, 6) is -2.07. The molecule has 35 heavy (non-hydrogen) atoms. The molecule has 4 aliphatic carbocycles. The molecule has 0 aromatic rings. The average molecular weight is 487 g/mol. The highest BCUT2D eigenvalue weighted by Crippen LogP contribution is 2.76. The van der Waals surface area contributed by atoms with Gasteiger partial charge in [0.2, 0.25) is 0 Å². The lowest BCUT2D eigenvalue weighted by Crippen LogP contribution is -2.70. The number of carbonyl (C=O) groups excluding carboxylic acids is 4. The number of allylic oxidation sites excluding steroid dienone is 3. The molecule has 7 nitrogen and oxygen atoms in total. The summed E-state index contributed by atoms with van der Waals surface area (Å²) in [5, 5.41) is 11.3. The van der Waals surface area contributed by atoms with E-state index in [0.29, 0.717) is 31.3 Å². The highest BCUT2D eigenvalue weighted by Gasteiger charge is 2.80. The molecule has 7 heteroatoms. The van der Waals surface area contributed by atoms with Crippen LogP contribution in [0.3, 0.4) is 0 Å². The normalized spacial score (nSPS) is 43.9. The number of esters is 2. The van der Waals surface area contributed by atoms with Gasteiger partial charge >= 0.3 is 11.9 Å². The molecule has 0 heterocycles. The van der Waals surface area contributed by atoms with Gasteiger partial charge in [-0.25, -0.2) is 0 Å². The van der Waals surface area contributed by atoms with Gasteiger partial charge in [0.25, 0.3) is 0 Å².